The minimum absolute atomic E-state index is 0.0386. The Morgan fingerprint density at radius 2 is 1.76 bits per heavy atom. The third kappa shape index (κ3) is 6.25. The Labute approximate surface area is 319 Å². The Morgan fingerprint density at radius 1 is 0.964 bits per heavy atom. The van der Waals surface area contributed by atoms with Crippen molar-refractivity contribution in [1.82, 2.24) is 19.9 Å². The first-order valence-electron chi connectivity index (χ1n) is 18.9. The fourth-order valence-corrected chi connectivity index (χ4v) is 11.1. The fraction of sp³-hybridized carbons (Fsp3) is 0.256. The number of carbonyl (C=O) groups is 2. The number of anilines is 2. The SMILES string of the molecule is C[Si]1(C)C2=CC(=[N+]3CCC3)C=CC2=C(c2cc(C(=O)CCc3ccc(COc4nc(N)nc5nc[nH]c45)cc3)ccc2C(=O)O)c2ccc(N3CCC3)cc21. The molecule has 4 aliphatic rings. The van der Waals surface area contributed by atoms with Gasteiger partial charge in [-0.15, -0.1) is 0 Å². The molecule has 276 valence electrons. The Kier molecular flexibility index (Phi) is 8.57. The lowest BCUT2D eigenvalue weighted by atomic mass is 9.85. The highest BCUT2D eigenvalue weighted by molar-refractivity contribution is 6.98. The Bertz CT molecular complexity index is 2540. The number of hydrogen-bond acceptors (Lipinski definition) is 8. The van der Waals surface area contributed by atoms with Crippen molar-refractivity contribution in [2.24, 2.45) is 0 Å². The molecule has 3 aliphatic heterocycles. The largest absolute Gasteiger partial charge is 0.478 e. The van der Waals surface area contributed by atoms with Gasteiger partial charge in [0.15, 0.2) is 17.1 Å². The minimum Gasteiger partial charge on any atom is -0.478 e. The van der Waals surface area contributed by atoms with Gasteiger partial charge in [-0.05, 0) is 87.0 Å². The number of carboxylic acids is 1. The Balaban J connectivity index is 1.01. The number of aromatic carboxylic acids is 1. The number of benzene rings is 3. The lowest BCUT2D eigenvalue weighted by Gasteiger charge is -2.40. The lowest BCUT2D eigenvalue weighted by Crippen LogP contribution is -2.50. The molecule has 11 nitrogen and oxygen atoms in total. The van der Waals surface area contributed by atoms with Crippen molar-refractivity contribution in [3.8, 4) is 5.88 Å². The van der Waals surface area contributed by atoms with Crippen LogP contribution in [0.4, 0.5) is 11.6 Å². The van der Waals surface area contributed by atoms with Gasteiger partial charge in [0, 0.05) is 42.9 Å². The topological polar surface area (TPSA) is 150 Å². The van der Waals surface area contributed by atoms with Gasteiger partial charge in [-0.2, -0.15) is 9.97 Å². The molecule has 0 spiro atoms. The summed E-state index contributed by atoms with van der Waals surface area (Å²) >= 11 is 0. The average molecular weight is 749 g/mol. The summed E-state index contributed by atoms with van der Waals surface area (Å²) in [5, 5.41) is 13.1. The third-order valence-electron chi connectivity index (χ3n) is 11.5. The van der Waals surface area contributed by atoms with E-state index >= 15 is 0 Å². The van der Waals surface area contributed by atoms with Crippen LogP contribution in [-0.4, -0.2) is 81.3 Å². The number of Topliss-reactive ketones (excluding diaryl/α,β-unsaturated/α-hetero) is 1. The van der Waals surface area contributed by atoms with Crippen LogP contribution < -0.4 is 20.6 Å². The standard InChI is InChI=1S/C43H41N7O4Si/c1-55(2)36-22-29(49-17-3-18-49)11-14-32(36)38(33-15-12-30(23-37(33)55)50-19-4-20-50)34-21-28(10-13-31(34)42(52)53)35(51)16-9-26-5-7-27(8-6-26)24-54-41-39-40(46-25-45-39)47-43(44)48-41/h5-8,10-15,21-23,25H,3-4,9,16-20,24H2,1-2H3,(H3-,44,45,46,47,48,52,53)/p+1. The van der Waals surface area contributed by atoms with Crippen molar-refractivity contribution in [2.45, 2.75) is 45.4 Å². The van der Waals surface area contributed by atoms with Crippen LogP contribution in [0.5, 0.6) is 5.88 Å². The second-order valence-corrected chi connectivity index (χ2v) is 19.6. The zero-order valence-electron chi connectivity index (χ0n) is 30.9. The smallest absolute Gasteiger partial charge is 0.336 e. The number of aromatic nitrogens is 4. The summed E-state index contributed by atoms with van der Waals surface area (Å²) < 4.78 is 8.34. The Hall–Kier alpha value is -6.14. The van der Waals surface area contributed by atoms with Crippen molar-refractivity contribution < 1.29 is 24.0 Å². The summed E-state index contributed by atoms with van der Waals surface area (Å²) in [5.74, 6) is -0.630. The van der Waals surface area contributed by atoms with Crippen LogP contribution in [0.2, 0.25) is 13.1 Å². The van der Waals surface area contributed by atoms with Crippen LogP contribution in [-0.2, 0) is 13.0 Å². The molecule has 9 rings (SSSR count). The molecule has 0 radical (unpaired) electrons. The molecule has 0 atom stereocenters. The molecular weight excluding hydrogens is 707 g/mol. The van der Waals surface area contributed by atoms with Gasteiger partial charge in [-0.25, -0.2) is 14.4 Å². The first-order valence-corrected chi connectivity index (χ1v) is 21.9. The van der Waals surface area contributed by atoms with E-state index in [-0.39, 0.29) is 30.3 Å². The summed E-state index contributed by atoms with van der Waals surface area (Å²) in [4.78, 5) is 44.6. The van der Waals surface area contributed by atoms with Crippen LogP contribution in [0.3, 0.4) is 0 Å². The number of nitrogen functional groups attached to an aromatic ring is 1. The summed E-state index contributed by atoms with van der Waals surface area (Å²) in [6.45, 7) is 9.29. The molecule has 5 aromatic rings. The molecule has 0 saturated carbocycles. The van der Waals surface area contributed by atoms with E-state index in [9.17, 15) is 14.7 Å². The zero-order chi connectivity index (χ0) is 37.8. The number of fused-ring (bicyclic) bond motifs is 3. The molecule has 2 saturated heterocycles. The molecule has 4 N–H and O–H groups in total. The minimum atomic E-state index is -2.22. The molecule has 2 fully saturated rings. The summed E-state index contributed by atoms with van der Waals surface area (Å²) in [7, 11) is -2.22. The number of hydrogen-bond donors (Lipinski definition) is 3. The average Bonchev–Trinajstić information content (AvgIpc) is 3.61. The molecule has 0 amide bonds. The molecular formula is C43H42N7O4Si+. The van der Waals surface area contributed by atoms with Crippen molar-refractivity contribution in [3.05, 3.63) is 129 Å². The van der Waals surface area contributed by atoms with Gasteiger partial charge in [0.2, 0.25) is 11.8 Å². The van der Waals surface area contributed by atoms with Gasteiger partial charge in [0.25, 0.3) is 0 Å². The van der Waals surface area contributed by atoms with Gasteiger partial charge < -0.3 is 25.5 Å². The van der Waals surface area contributed by atoms with Crippen molar-refractivity contribution >= 4 is 59.1 Å². The number of aromatic amines is 1. The van der Waals surface area contributed by atoms with E-state index in [0.29, 0.717) is 34.6 Å². The lowest BCUT2D eigenvalue weighted by molar-refractivity contribution is -0.582. The maximum absolute atomic E-state index is 13.9. The van der Waals surface area contributed by atoms with Crippen LogP contribution in [0.1, 0.15) is 62.2 Å². The molecule has 3 aromatic carbocycles. The number of nitrogens with one attached hydrogen (secondary N) is 1. The highest BCUT2D eigenvalue weighted by Gasteiger charge is 2.42. The van der Waals surface area contributed by atoms with E-state index in [1.165, 1.54) is 41.0 Å². The summed E-state index contributed by atoms with van der Waals surface area (Å²) in [6.07, 6.45) is 11.4. The number of ketones is 1. The monoisotopic (exact) mass is 748 g/mol. The summed E-state index contributed by atoms with van der Waals surface area (Å²) in [6, 6.07) is 19.7. The quantitative estimate of drug-likeness (QED) is 0.0907. The predicted molar refractivity (Wildman–Crippen MR) is 216 cm³/mol. The number of nitrogens with two attached hydrogens (primary N) is 1. The molecule has 0 unspecified atom stereocenters. The maximum atomic E-state index is 13.9. The normalized spacial score (nSPS) is 17.0. The van der Waals surface area contributed by atoms with Crippen LogP contribution in [0.25, 0.3) is 16.7 Å². The highest BCUT2D eigenvalue weighted by Crippen LogP contribution is 2.43. The first-order chi connectivity index (χ1) is 26.6. The maximum Gasteiger partial charge on any atom is 0.336 e. The van der Waals surface area contributed by atoms with Gasteiger partial charge in [0.1, 0.15) is 33.3 Å². The number of carboxylic acid groups (broad SMARTS) is 1. The number of imidazole rings is 1. The predicted octanol–water partition coefficient (Wildman–Crippen LogP) is 5.86. The van der Waals surface area contributed by atoms with E-state index in [1.807, 2.05) is 30.3 Å². The zero-order valence-corrected chi connectivity index (χ0v) is 31.9. The number of carbonyl (C=O) groups excluding carboxylic acids is 1. The molecule has 55 heavy (non-hydrogen) atoms. The van der Waals surface area contributed by atoms with E-state index in [0.717, 1.165) is 54.0 Å². The second-order valence-electron chi connectivity index (χ2n) is 15.2. The molecule has 5 heterocycles. The first kappa shape index (κ1) is 34.6. The van der Waals surface area contributed by atoms with Crippen LogP contribution in [0, 0.1) is 0 Å². The van der Waals surface area contributed by atoms with E-state index < -0.39 is 14.0 Å². The van der Waals surface area contributed by atoms with Gasteiger partial charge in [0.05, 0.1) is 18.3 Å². The molecule has 1 aliphatic carbocycles. The second kappa shape index (κ2) is 13.6. The number of aryl methyl sites for hydroxylation is 1. The van der Waals surface area contributed by atoms with Crippen LogP contribution >= 0.6 is 0 Å². The van der Waals surface area contributed by atoms with E-state index in [2.05, 4.69) is 78.9 Å². The number of ether oxygens (including phenoxy) is 1. The molecule has 2 aromatic heterocycles. The number of H-pyrrole nitrogens is 1. The van der Waals surface area contributed by atoms with Gasteiger partial charge in [-0.3, -0.25) is 4.79 Å². The van der Waals surface area contributed by atoms with Gasteiger partial charge >= 0.3 is 5.97 Å². The fourth-order valence-electron chi connectivity index (χ4n) is 8.05. The van der Waals surface area contributed by atoms with Crippen molar-refractivity contribution in [3.63, 3.8) is 0 Å². The van der Waals surface area contributed by atoms with Crippen molar-refractivity contribution in [2.75, 3.05) is 36.8 Å². The molecule has 12 heteroatoms. The van der Waals surface area contributed by atoms with E-state index in [1.54, 1.807) is 12.1 Å². The number of allylic oxidation sites excluding steroid dienone is 5. The highest BCUT2D eigenvalue weighted by atomic mass is 28.3. The Morgan fingerprint density at radius 3 is 2.49 bits per heavy atom. The van der Waals surface area contributed by atoms with Gasteiger partial charge in [-0.1, -0.05) is 49.5 Å². The number of nitrogens with zero attached hydrogens (tertiary/aromatic N) is 5. The summed E-state index contributed by atoms with van der Waals surface area (Å²) in [5.41, 5.74) is 15.5. The van der Waals surface area contributed by atoms with E-state index in [4.69, 9.17) is 10.5 Å². The van der Waals surface area contributed by atoms with Crippen molar-refractivity contribution in [1.29, 1.82) is 0 Å². The number of rotatable bonds is 10. The van der Waals surface area contributed by atoms with Crippen LogP contribution in [0.15, 0.2) is 96.0 Å². The third-order valence-corrected chi connectivity index (χ3v) is 15.0. The molecule has 0 bridgehead atoms.